The number of amidine groups is 1. The molecule has 1 fully saturated rings. The first-order valence-electron chi connectivity index (χ1n) is 11.2. The standard InChI is InChI=1S/C23H28N6O3S/c1-15(2)16-6-8-17(9-7-16)33(31,32)29-12-10-28(11-13-29)14-20-24-19-5-3-4-18-21(19)22(25-20)26-27-23(18)30/h3-9,15,22,26H,10-14H2,1-2H3,(H,24,25)(H,27,30). The summed E-state index contributed by atoms with van der Waals surface area (Å²) < 4.78 is 27.7. The van der Waals surface area contributed by atoms with E-state index in [1.165, 1.54) is 0 Å². The largest absolute Gasteiger partial charge is 0.343 e. The summed E-state index contributed by atoms with van der Waals surface area (Å²) >= 11 is 0. The number of amides is 1. The highest BCUT2D eigenvalue weighted by Gasteiger charge is 2.32. The topological polar surface area (TPSA) is 106 Å². The lowest BCUT2D eigenvalue weighted by Crippen LogP contribution is -2.51. The number of piperazine rings is 1. The number of hydrazine groups is 1. The van der Waals surface area contributed by atoms with Crippen molar-refractivity contribution in [1.82, 2.24) is 20.1 Å². The van der Waals surface area contributed by atoms with E-state index in [0.29, 0.717) is 49.1 Å². The van der Waals surface area contributed by atoms with Crippen molar-refractivity contribution in [2.45, 2.75) is 30.8 Å². The Labute approximate surface area is 193 Å². The van der Waals surface area contributed by atoms with E-state index in [2.05, 4.69) is 34.9 Å². The van der Waals surface area contributed by atoms with Crippen LogP contribution in [0.2, 0.25) is 0 Å². The fourth-order valence-corrected chi connectivity index (χ4v) is 5.90. The Morgan fingerprint density at radius 3 is 2.48 bits per heavy atom. The van der Waals surface area contributed by atoms with Crippen molar-refractivity contribution in [3.05, 3.63) is 59.2 Å². The zero-order valence-electron chi connectivity index (χ0n) is 18.7. The fraction of sp³-hybridized carbons (Fsp3) is 0.391. The number of sulfonamides is 1. The van der Waals surface area contributed by atoms with Gasteiger partial charge in [0.15, 0.2) is 0 Å². The van der Waals surface area contributed by atoms with E-state index in [4.69, 9.17) is 4.99 Å². The van der Waals surface area contributed by atoms with E-state index in [0.717, 1.165) is 22.6 Å². The minimum atomic E-state index is -3.51. The summed E-state index contributed by atoms with van der Waals surface area (Å²) in [6.45, 7) is 6.85. The van der Waals surface area contributed by atoms with Crippen molar-refractivity contribution in [1.29, 1.82) is 0 Å². The van der Waals surface area contributed by atoms with Crippen LogP contribution in [0.4, 0.5) is 5.69 Å². The maximum Gasteiger partial charge on any atom is 0.265 e. The molecule has 3 heterocycles. The summed E-state index contributed by atoms with van der Waals surface area (Å²) in [5.74, 6) is 0.980. The molecule has 3 aliphatic heterocycles. The molecule has 1 amide bonds. The molecule has 2 aromatic carbocycles. The molecule has 3 N–H and O–H groups in total. The average Bonchev–Trinajstić information content (AvgIpc) is 2.82. The lowest BCUT2D eigenvalue weighted by atomic mass is 9.99. The highest BCUT2D eigenvalue weighted by molar-refractivity contribution is 7.89. The van der Waals surface area contributed by atoms with Crippen LogP contribution >= 0.6 is 0 Å². The van der Waals surface area contributed by atoms with Gasteiger partial charge in [-0.1, -0.05) is 32.0 Å². The van der Waals surface area contributed by atoms with E-state index < -0.39 is 10.0 Å². The van der Waals surface area contributed by atoms with Crippen molar-refractivity contribution in [2.24, 2.45) is 4.99 Å². The Morgan fingerprint density at radius 2 is 1.79 bits per heavy atom. The van der Waals surface area contributed by atoms with Crippen LogP contribution in [0.15, 0.2) is 52.4 Å². The van der Waals surface area contributed by atoms with Crippen LogP contribution in [0, 0.1) is 0 Å². The Bertz CT molecular complexity index is 1200. The van der Waals surface area contributed by atoms with Gasteiger partial charge in [0.05, 0.1) is 11.4 Å². The second kappa shape index (κ2) is 8.53. The highest BCUT2D eigenvalue weighted by Crippen LogP contribution is 2.33. The van der Waals surface area contributed by atoms with Crippen LogP contribution < -0.4 is 16.2 Å². The first kappa shape index (κ1) is 22.0. The molecule has 174 valence electrons. The predicted molar refractivity (Wildman–Crippen MR) is 127 cm³/mol. The molecular weight excluding hydrogens is 440 g/mol. The first-order valence-corrected chi connectivity index (χ1v) is 12.6. The second-order valence-corrected chi connectivity index (χ2v) is 10.8. The van der Waals surface area contributed by atoms with Gasteiger partial charge in [-0.05, 0) is 35.7 Å². The summed E-state index contributed by atoms with van der Waals surface area (Å²) in [4.78, 5) is 19.3. The highest BCUT2D eigenvalue weighted by atomic mass is 32.2. The van der Waals surface area contributed by atoms with Crippen molar-refractivity contribution in [3.8, 4) is 0 Å². The number of nitrogens with zero attached hydrogens (tertiary/aromatic N) is 3. The maximum absolute atomic E-state index is 13.1. The predicted octanol–water partition coefficient (Wildman–Crippen LogP) is 1.89. The molecule has 0 radical (unpaired) electrons. The number of aliphatic imine (C=N–C) groups is 1. The van der Waals surface area contributed by atoms with E-state index >= 15 is 0 Å². The molecule has 1 atom stereocenters. The monoisotopic (exact) mass is 468 g/mol. The molecule has 0 spiro atoms. The molecule has 0 aliphatic carbocycles. The van der Waals surface area contributed by atoms with Crippen LogP contribution in [0.25, 0.3) is 0 Å². The molecule has 33 heavy (non-hydrogen) atoms. The molecular formula is C23H28N6O3S. The smallest absolute Gasteiger partial charge is 0.265 e. The van der Waals surface area contributed by atoms with Gasteiger partial charge in [0.25, 0.3) is 5.91 Å². The molecule has 9 nitrogen and oxygen atoms in total. The lowest BCUT2D eigenvalue weighted by molar-refractivity contribution is 0.0908. The van der Waals surface area contributed by atoms with Crippen molar-refractivity contribution >= 4 is 27.5 Å². The van der Waals surface area contributed by atoms with Crippen molar-refractivity contribution < 1.29 is 13.2 Å². The third kappa shape index (κ3) is 4.15. The van der Waals surface area contributed by atoms with Gasteiger partial charge >= 0.3 is 0 Å². The SMILES string of the molecule is CC(C)c1ccc(S(=O)(=O)N2CCN(CC3=NC4NNC(=O)c5cccc(c54)N3)CC2)cc1. The number of carbonyl (C=O) groups is 1. The molecule has 1 saturated heterocycles. The van der Waals surface area contributed by atoms with E-state index in [1.54, 1.807) is 22.5 Å². The van der Waals surface area contributed by atoms with Crippen LogP contribution in [-0.2, 0) is 10.0 Å². The minimum Gasteiger partial charge on any atom is -0.343 e. The van der Waals surface area contributed by atoms with Crippen LogP contribution in [0.1, 0.15) is 47.4 Å². The van der Waals surface area contributed by atoms with Crippen LogP contribution in [0.5, 0.6) is 0 Å². The molecule has 0 saturated carbocycles. The summed E-state index contributed by atoms with van der Waals surface area (Å²) in [6, 6.07) is 12.8. The lowest BCUT2D eigenvalue weighted by Gasteiger charge is -2.36. The number of hydrogen-bond donors (Lipinski definition) is 3. The van der Waals surface area contributed by atoms with Gasteiger partial charge < -0.3 is 5.32 Å². The van der Waals surface area contributed by atoms with Crippen molar-refractivity contribution in [2.75, 3.05) is 38.0 Å². The minimum absolute atomic E-state index is 0.167. The fourth-order valence-electron chi connectivity index (χ4n) is 4.47. The molecule has 10 heteroatoms. The van der Waals surface area contributed by atoms with Crippen LogP contribution in [-0.4, -0.2) is 62.1 Å². The zero-order chi connectivity index (χ0) is 23.2. The average molecular weight is 469 g/mol. The maximum atomic E-state index is 13.1. The number of nitrogens with one attached hydrogen (secondary N) is 3. The molecule has 5 rings (SSSR count). The van der Waals surface area contributed by atoms with Gasteiger partial charge in [0.1, 0.15) is 12.0 Å². The Morgan fingerprint density at radius 1 is 1.06 bits per heavy atom. The quantitative estimate of drug-likeness (QED) is 0.619. The summed E-state index contributed by atoms with van der Waals surface area (Å²) in [7, 11) is -3.51. The van der Waals surface area contributed by atoms with E-state index in [9.17, 15) is 13.2 Å². The number of benzene rings is 2. The van der Waals surface area contributed by atoms with Gasteiger partial charge in [-0.15, -0.1) is 0 Å². The molecule has 0 bridgehead atoms. The summed E-state index contributed by atoms with van der Waals surface area (Å²) in [5.41, 5.74) is 9.08. The Hall–Kier alpha value is -2.79. The molecule has 1 unspecified atom stereocenters. The summed E-state index contributed by atoms with van der Waals surface area (Å²) in [6.07, 6.45) is -0.333. The number of hydrogen-bond acceptors (Lipinski definition) is 7. The van der Waals surface area contributed by atoms with E-state index in [-0.39, 0.29) is 12.1 Å². The first-order chi connectivity index (χ1) is 15.8. The number of anilines is 1. The normalized spacial score (nSPS) is 21.2. The van der Waals surface area contributed by atoms with Gasteiger partial charge in [-0.25, -0.2) is 18.8 Å². The van der Waals surface area contributed by atoms with E-state index in [1.807, 2.05) is 24.3 Å². The zero-order valence-corrected chi connectivity index (χ0v) is 19.5. The number of carbonyl (C=O) groups excluding carboxylic acids is 1. The van der Waals surface area contributed by atoms with Crippen molar-refractivity contribution in [3.63, 3.8) is 0 Å². The summed E-state index contributed by atoms with van der Waals surface area (Å²) in [5, 5.41) is 3.34. The third-order valence-corrected chi connectivity index (χ3v) is 8.31. The molecule has 0 aromatic heterocycles. The van der Waals surface area contributed by atoms with Gasteiger partial charge in [-0.3, -0.25) is 15.1 Å². The second-order valence-electron chi connectivity index (χ2n) is 8.87. The Balaban J connectivity index is 1.23. The van der Waals surface area contributed by atoms with Gasteiger partial charge in [-0.2, -0.15) is 4.31 Å². The van der Waals surface area contributed by atoms with Gasteiger partial charge in [0.2, 0.25) is 10.0 Å². The molecule has 2 aromatic rings. The molecule has 3 aliphatic rings. The Kier molecular flexibility index (Phi) is 5.69. The number of rotatable bonds is 5. The van der Waals surface area contributed by atoms with Crippen LogP contribution in [0.3, 0.4) is 0 Å². The third-order valence-electron chi connectivity index (χ3n) is 6.40. The van der Waals surface area contributed by atoms with Gasteiger partial charge in [0, 0.05) is 43.0 Å².